The van der Waals surface area contributed by atoms with Gasteiger partial charge in [0.1, 0.15) is 5.82 Å². The van der Waals surface area contributed by atoms with Gasteiger partial charge in [-0.25, -0.2) is 4.39 Å². The first-order chi connectivity index (χ1) is 10.6. The quantitative estimate of drug-likeness (QED) is 0.908. The maximum Gasteiger partial charge on any atom is 0.189 e. The third kappa shape index (κ3) is 2.87. The highest BCUT2D eigenvalue weighted by Gasteiger charge is 2.16. The van der Waals surface area contributed by atoms with E-state index in [1.165, 1.54) is 31.4 Å². The predicted molar refractivity (Wildman–Crippen MR) is 89.0 cm³/mol. The summed E-state index contributed by atoms with van der Waals surface area (Å²) in [6.45, 7) is 4.11. The number of benzene rings is 1. The lowest BCUT2D eigenvalue weighted by Crippen LogP contribution is -2.23. The van der Waals surface area contributed by atoms with Crippen molar-refractivity contribution >= 4 is 16.6 Å². The largest absolute Gasteiger partial charge is 0.380 e. The number of pyridine rings is 1. The van der Waals surface area contributed by atoms with Crippen molar-refractivity contribution in [1.29, 1.82) is 0 Å². The summed E-state index contributed by atoms with van der Waals surface area (Å²) in [7, 11) is 0. The van der Waals surface area contributed by atoms with E-state index < -0.39 is 0 Å². The Bertz CT molecular complexity index is 730. The van der Waals surface area contributed by atoms with E-state index in [1.54, 1.807) is 12.3 Å². The van der Waals surface area contributed by atoms with Gasteiger partial charge in [-0.05, 0) is 38.8 Å². The summed E-state index contributed by atoms with van der Waals surface area (Å²) >= 11 is 0. The third-order valence-corrected chi connectivity index (χ3v) is 4.54. The molecule has 0 spiro atoms. The molecule has 0 saturated heterocycles. The van der Waals surface area contributed by atoms with E-state index in [4.69, 9.17) is 0 Å². The number of anilines is 1. The fourth-order valence-corrected chi connectivity index (χ4v) is 3.32. The molecule has 1 heterocycles. The van der Waals surface area contributed by atoms with Crippen LogP contribution in [0.15, 0.2) is 29.2 Å². The molecule has 3 rings (SSSR count). The van der Waals surface area contributed by atoms with Crippen LogP contribution in [-0.4, -0.2) is 10.6 Å². The lowest BCUT2D eigenvalue weighted by molar-refractivity contribution is 0.460. The van der Waals surface area contributed by atoms with Crippen molar-refractivity contribution in [3.8, 4) is 0 Å². The molecule has 4 heteroatoms. The van der Waals surface area contributed by atoms with Gasteiger partial charge in [-0.1, -0.05) is 19.3 Å². The van der Waals surface area contributed by atoms with Crippen LogP contribution in [-0.2, 0) is 0 Å². The minimum Gasteiger partial charge on any atom is -0.380 e. The van der Waals surface area contributed by atoms with Gasteiger partial charge < -0.3 is 9.88 Å². The maximum absolute atomic E-state index is 14.4. The van der Waals surface area contributed by atoms with Crippen molar-refractivity contribution in [2.75, 3.05) is 5.32 Å². The van der Waals surface area contributed by atoms with Crippen molar-refractivity contribution in [3.63, 3.8) is 0 Å². The fraction of sp³-hybridized carbons (Fsp3) is 0.500. The Labute approximate surface area is 130 Å². The number of nitrogens with one attached hydrogen (secondary N) is 1. The summed E-state index contributed by atoms with van der Waals surface area (Å²) in [4.78, 5) is 12.0. The normalized spacial score (nSPS) is 16.4. The van der Waals surface area contributed by atoms with Crippen molar-refractivity contribution in [2.45, 2.75) is 58.0 Å². The second-order valence-corrected chi connectivity index (χ2v) is 6.51. The van der Waals surface area contributed by atoms with Crippen LogP contribution in [0.2, 0.25) is 0 Å². The number of nitrogens with zero attached hydrogens (tertiary/aromatic N) is 1. The van der Waals surface area contributed by atoms with Gasteiger partial charge in [0.15, 0.2) is 5.43 Å². The molecule has 0 unspecified atom stereocenters. The highest BCUT2D eigenvalue weighted by molar-refractivity contribution is 5.83. The average Bonchev–Trinajstić information content (AvgIpc) is 2.50. The lowest BCUT2D eigenvalue weighted by Gasteiger charge is -2.24. The minimum atomic E-state index is -0.336. The average molecular weight is 302 g/mol. The highest BCUT2D eigenvalue weighted by Crippen LogP contribution is 2.27. The zero-order valence-corrected chi connectivity index (χ0v) is 13.2. The summed E-state index contributed by atoms with van der Waals surface area (Å²) in [5, 5.41) is 3.78. The molecule has 1 saturated carbocycles. The number of aromatic nitrogens is 1. The molecule has 1 aromatic heterocycles. The molecule has 2 aromatic rings. The minimum absolute atomic E-state index is 0.130. The molecule has 118 valence electrons. The molecule has 0 amide bonds. The van der Waals surface area contributed by atoms with Gasteiger partial charge in [0.2, 0.25) is 0 Å². The molecule has 22 heavy (non-hydrogen) atoms. The van der Waals surface area contributed by atoms with Gasteiger partial charge >= 0.3 is 0 Å². The summed E-state index contributed by atoms with van der Waals surface area (Å²) in [6.07, 6.45) is 7.63. The summed E-state index contributed by atoms with van der Waals surface area (Å²) in [5.41, 5.74) is 1.18. The van der Waals surface area contributed by atoms with Gasteiger partial charge in [-0.2, -0.15) is 0 Å². The molecular formula is C18H23FN2O. The van der Waals surface area contributed by atoms with E-state index >= 15 is 0 Å². The van der Waals surface area contributed by atoms with Crippen LogP contribution in [0.1, 0.15) is 52.0 Å². The Hall–Kier alpha value is -1.84. The second kappa shape index (κ2) is 6.11. The van der Waals surface area contributed by atoms with E-state index in [2.05, 4.69) is 19.2 Å². The monoisotopic (exact) mass is 302 g/mol. The van der Waals surface area contributed by atoms with Crippen molar-refractivity contribution in [1.82, 2.24) is 4.57 Å². The Morgan fingerprint density at radius 3 is 2.64 bits per heavy atom. The zero-order valence-electron chi connectivity index (χ0n) is 13.2. The van der Waals surface area contributed by atoms with Crippen molar-refractivity contribution in [3.05, 3.63) is 40.4 Å². The van der Waals surface area contributed by atoms with E-state index in [0.717, 1.165) is 18.4 Å². The first-order valence-electron chi connectivity index (χ1n) is 8.17. The number of halogens is 1. The van der Waals surface area contributed by atoms with E-state index in [9.17, 15) is 9.18 Å². The molecule has 1 N–H and O–H groups in total. The molecule has 0 atom stereocenters. The number of rotatable bonds is 3. The number of hydrogen-bond donors (Lipinski definition) is 1. The van der Waals surface area contributed by atoms with Crippen molar-refractivity contribution in [2.24, 2.45) is 0 Å². The highest BCUT2D eigenvalue weighted by atomic mass is 19.1. The third-order valence-electron chi connectivity index (χ3n) is 4.54. The fourth-order valence-electron chi connectivity index (χ4n) is 3.32. The van der Waals surface area contributed by atoms with E-state index in [0.29, 0.717) is 17.1 Å². The summed E-state index contributed by atoms with van der Waals surface area (Å²) < 4.78 is 16.4. The maximum atomic E-state index is 14.4. The molecule has 0 radical (unpaired) electrons. The van der Waals surface area contributed by atoms with Crippen LogP contribution >= 0.6 is 0 Å². The smallest absolute Gasteiger partial charge is 0.189 e. The molecular weight excluding hydrogens is 279 g/mol. The van der Waals surface area contributed by atoms with Crippen LogP contribution in [0.5, 0.6) is 0 Å². The molecule has 3 nitrogen and oxygen atoms in total. The van der Waals surface area contributed by atoms with Crippen LogP contribution < -0.4 is 10.7 Å². The Balaban J connectivity index is 2.05. The lowest BCUT2D eigenvalue weighted by atomic mass is 9.95. The van der Waals surface area contributed by atoms with Crippen LogP contribution in [0.3, 0.4) is 0 Å². The van der Waals surface area contributed by atoms with E-state index in [-0.39, 0.29) is 17.3 Å². The van der Waals surface area contributed by atoms with Gasteiger partial charge in [-0.3, -0.25) is 4.79 Å². The van der Waals surface area contributed by atoms with Crippen LogP contribution in [0.25, 0.3) is 10.9 Å². The SMILES string of the molecule is CC(C)n1ccc(=O)c2cc(F)c(NC3CCCCC3)cc21. The molecule has 0 bridgehead atoms. The predicted octanol–water partition coefficient (Wildman–Crippen LogP) is 4.47. The number of fused-ring (bicyclic) bond motifs is 1. The molecule has 1 aromatic carbocycles. The van der Waals surface area contributed by atoms with E-state index in [1.807, 2.05) is 4.57 Å². The number of hydrogen-bond acceptors (Lipinski definition) is 2. The van der Waals surface area contributed by atoms with Crippen molar-refractivity contribution < 1.29 is 4.39 Å². The second-order valence-electron chi connectivity index (χ2n) is 6.51. The van der Waals surface area contributed by atoms with Crippen LogP contribution in [0.4, 0.5) is 10.1 Å². The Kier molecular flexibility index (Phi) is 4.19. The van der Waals surface area contributed by atoms with Gasteiger partial charge in [-0.15, -0.1) is 0 Å². The summed E-state index contributed by atoms with van der Waals surface area (Å²) in [6, 6.07) is 5.23. The molecule has 1 aliphatic rings. The van der Waals surface area contributed by atoms with Gasteiger partial charge in [0, 0.05) is 29.7 Å². The molecule has 1 fully saturated rings. The molecule has 1 aliphatic carbocycles. The van der Waals surface area contributed by atoms with Gasteiger partial charge in [0.05, 0.1) is 11.2 Å². The molecule has 0 aliphatic heterocycles. The zero-order chi connectivity index (χ0) is 15.7. The van der Waals surface area contributed by atoms with Gasteiger partial charge in [0.25, 0.3) is 0 Å². The Morgan fingerprint density at radius 1 is 1.23 bits per heavy atom. The summed E-state index contributed by atoms with van der Waals surface area (Å²) in [5.74, 6) is -0.336. The standard InChI is InChI=1S/C18H23FN2O/c1-12(2)21-9-8-18(22)14-10-15(19)16(11-17(14)21)20-13-6-4-3-5-7-13/h8-13,20H,3-7H2,1-2H3. The first-order valence-corrected chi connectivity index (χ1v) is 8.17. The van der Waals surface area contributed by atoms with Crippen LogP contribution in [0, 0.1) is 5.82 Å². The Morgan fingerprint density at radius 2 is 1.95 bits per heavy atom. The first kappa shape index (κ1) is 15.1. The topological polar surface area (TPSA) is 34.0 Å².